The molecule has 0 saturated carbocycles. The fourth-order valence-electron chi connectivity index (χ4n) is 3.93. The summed E-state index contributed by atoms with van der Waals surface area (Å²) >= 11 is 6.15. The number of anilines is 1. The summed E-state index contributed by atoms with van der Waals surface area (Å²) in [6.07, 6.45) is 3.23. The maximum Gasteiger partial charge on any atom is 0.263 e. The van der Waals surface area contributed by atoms with E-state index < -0.39 is 11.9 Å². The summed E-state index contributed by atoms with van der Waals surface area (Å²) in [5, 5.41) is 8.79. The van der Waals surface area contributed by atoms with E-state index in [0.29, 0.717) is 27.4 Å². The third-order valence-corrected chi connectivity index (χ3v) is 5.70. The molecule has 3 heterocycles. The van der Waals surface area contributed by atoms with E-state index in [4.69, 9.17) is 17.3 Å². The predicted octanol–water partition coefficient (Wildman–Crippen LogP) is 3.76. The Kier molecular flexibility index (Phi) is 5.07. The van der Waals surface area contributed by atoms with Crippen LogP contribution in [0, 0.1) is 0 Å². The molecule has 3 aromatic heterocycles. The molecule has 8 nitrogen and oxygen atoms in total. The van der Waals surface area contributed by atoms with E-state index in [1.165, 1.54) is 4.52 Å². The molecule has 5 aromatic rings. The summed E-state index contributed by atoms with van der Waals surface area (Å²) in [6.45, 7) is 1.81. The first-order chi connectivity index (χ1) is 15.9. The second-order valence-corrected chi connectivity index (χ2v) is 8.06. The fourth-order valence-corrected chi connectivity index (χ4v) is 4.10. The average molecular weight is 459 g/mol. The van der Waals surface area contributed by atoms with Crippen LogP contribution >= 0.6 is 11.6 Å². The van der Waals surface area contributed by atoms with E-state index in [9.17, 15) is 9.59 Å². The lowest BCUT2D eigenvalue weighted by molar-refractivity contribution is 0.0941. The molecule has 0 saturated heterocycles. The molecule has 0 fully saturated rings. The summed E-state index contributed by atoms with van der Waals surface area (Å²) in [4.78, 5) is 30.9. The Balaban J connectivity index is 1.63. The normalized spacial score (nSPS) is 12.2. The van der Waals surface area contributed by atoms with Crippen molar-refractivity contribution < 1.29 is 4.79 Å². The van der Waals surface area contributed by atoms with Crippen LogP contribution in [0.15, 0.2) is 77.9 Å². The number of amides is 1. The average Bonchev–Trinajstić information content (AvgIpc) is 3.15. The van der Waals surface area contributed by atoms with Crippen molar-refractivity contribution in [3.63, 3.8) is 0 Å². The Labute approximate surface area is 193 Å². The number of rotatable bonds is 4. The van der Waals surface area contributed by atoms with E-state index >= 15 is 0 Å². The Morgan fingerprint density at radius 2 is 1.91 bits per heavy atom. The van der Waals surface area contributed by atoms with E-state index in [1.54, 1.807) is 41.2 Å². The second kappa shape index (κ2) is 8.07. The number of nitrogens with one attached hydrogen (secondary N) is 1. The lowest BCUT2D eigenvalue weighted by Crippen LogP contribution is -2.32. The number of aromatic nitrogens is 4. The van der Waals surface area contributed by atoms with Gasteiger partial charge in [-0.15, -0.1) is 5.10 Å². The molecule has 5 rings (SSSR count). The number of nitrogen functional groups attached to an aromatic ring is 1. The largest absolute Gasteiger partial charge is 0.381 e. The molecule has 0 radical (unpaired) electrons. The number of hydrogen-bond acceptors (Lipinski definition) is 5. The summed E-state index contributed by atoms with van der Waals surface area (Å²) in [6, 6.07) is 17.5. The zero-order chi connectivity index (χ0) is 23.1. The van der Waals surface area contributed by atoms with Crippen molar-refractivity contribution in [3.05, 3.63) is 99.7 Å². The van der Waals surface area contributed by atoms with Crippen molar-refractivity contribution in [2.24, 2.45) is 0 Å². The van der Waals surface area contributed by atoms with Crippen LogP contribution in [0.2, 0.25) is 5.02 Å². The number of hydrogen-bond donors (Lipinski definition) is 2. The van der Waals surface area contributed by atoms with Gasteiger partial charge in [-0.3, -0.25) is 14.2 Å². The minimum absolute atomic E-state index is 0.0759. The van der Waals surface area contributed by atoms with Gasteiger partial charge in [0, 0.05) is 34.2 Å². The zero-order valence-electron chi connectivity index (χ0n) is 17.6. The standard InChI is InChI=1S/C24H19ClN6O2/c1-14(28-23(32)20-21(26)29-30-11-5-10-27-22(20)30)19-12-15-8-9-16(25)13-18(15)24(33)31(19)17-6-3-2-4-7-17/h2-14H,1H3,(H2,26,29)(H,28,32)/t14-/m0/s1. The third kappa shape index (κ3) is 3.60. The van der Waals surface area contributed by atoms with Gasteiger partial charge in [-0.25, -0.2) is 9.50 Å². The van der Waals surface area contributed by atoms with Crippen LogP contribution in [0.4, 0.5) is 5.82 Å². The number of nitrogens with zero attached hydrogens (tertiary/aromatic N) is 4. The molecule has 2 aromatic carbocycles. The maximum atomic E-state index is 13.5. The van der Waals surface area contributed by atoms with Gasteiger partial charge in [-0.2, -0.15) is 0 Å². The second-order valence-electron chi connectivity index (χ2n) is 7.62. The van der Waals surface area contributed by atoms with Crippen LogP contribution in [-0.4, -0.2) is 25.1 Å². The molecular formula is C24H19ClN6O2. The van der Waals surface area contributed by atoms with Crippen molar-refractivity contribution in [3.8, 4) is 5.69 Å². The lowest BCUT2D eigenvalue weighted by Gasteiger charge is -2.21. The first-order valence-electron chi connectivity index (χ1n) is 10.2. The quantitative estimate of drug-likeness (QED) is 0.426. The minimum atomic E-state index is -0.538. The summed E-state index contributed by atoms with van der Waals surface area (Å²) in [7, 11) is 0. The van der Waals surface area contributed by atoms with E-state index in [1.807, 2.05) is 43.3 Å². The number of nitrogens with two attached hydrogens (primary N) is 1. The van der Waals surface area contributed by atoms with Crippen LogP contribution in [0.5, 0.6) is 0 Å². The molecule has 3 N–H and O–H groups in total. The molecule has 1 amide bonds. The SMILES string of the molecule is C[C@H](NC(=O)c1c(N)nn2cccnc12)c1cc2ccc(Cl)cc2c(=O)n1-c1ccccc1. The number of fused-ring (bicyclic) bond motifs is 2. The fraction of sp³-hybridized carbons (Fsp3) is 0.0833. The number of carbonyl (C=O) groups excluding carboxylic acids is 1. The topological polar surface area (TPSA) is 107 Å². The highest BCUT2D eigenvalue weighted by atomic mass is 35.5. The monoisotopic (exact) mass is 458 g/mol. The Bertz CT molecular complexity index is 1580. The molecule has 0 aliphatic rings. The van der Waals surface area contributed by atoms with Gasteiger partial charge in [0.05, 0.1) is 6.04 Å². The molecular weight excluding hydrogens is 440 g/mol. The van der Waals surface area contributed by atoms with E-state index in [-0.39, 0.29) is 16.9 Å². The van der Waals surface area contributed by atoms with Gasteiger partial charge >= 0.3 is 0 Å². The van der Waals surface area contributed by atoms with Crippen LogP contribution in [-0.2, 0) is 0 Å². The molecule has 164 valence electrons. The smallest absolute Gasteiger partial charge is 0.263 e. The highest BCUT2D eigenvalue weighted by Gasteiger charge is 2.23. The molecule has 0 aliphatic heterocycles. The number of carbonyl (C=O) groups is 1. The highest BCUT2D eigenvalue weighted by molar-refractivity contribution is 6.31. The Hall–Kier alpha value is -4.17. The third-order valence-electron chi connectivity index (χ3n) is 5.47. The van der Waals surface area contributed by atoms with Crippen molar-refractivity contribution in [1.29, 1.82) is 0 Å². The van der Waals surface area contributed by atoms with Gasteiger partial charge in [-0.05, 0) is 48.7 Å². The van der Waals surface area contributed by atoms with Crippen LogP contribution < -0.4 is 16.6 Å². The number of halogens is 1. The summed E-state index contributed by atoms with van der Waals surface area (Å²) < 4.78 is 3.04. The van der Waals surface area contributed by atoms with Crippen molar-refractivity contribution in [2.45, 2.75) is 13.0 Å². The number of benzene rings is 2. The summed E-state index contributed by atoms with van der Waals surface area (Å²) in [5.41, 5.74) is 7.60. The number of pyridine rings is 1. The molecule has 0 spiro atoms. The first kappa shape index (κ1) is 20.7. The van der Waals surface area contributed by atoms with Gasteiger partial charge in [0.15, 0.2) is 11.5 Å². The molecule has 0 bridgehead atoms. The van der Waals surface area contributed by atoms with Gasteiger partial charge in [0.2, 0.25) is 0 Å². The highest BCUT2D eigenvalue weighted by Crippen LogP contribution is 2.24. The van der Waals surface area contributed by atoms with Crippen LogP contribution in [0.3, 0.4) is 0 Å². The first-order valence-corrected chi connectivity index (χ1v) is 10.6. The van der Waals surface area contributed by atoms with Gasteiger partial charge in [-0.1, -0.05) is 35.9 Å². The molecule has 1 atom stereocenters. The molecule has 33 heavy (non-hydrogen) atoms. The predicted molar refractivity (Wildman–Crippen MR) is 128 cm³/mol. The Morgan fingerprint density at radius 1 is 1.12 bits per heavy atom. The van der Waals surface area contributed by atoms with Crippen LogP contribution in [0.25, 0.3) is 22.1 Å². The molecule has 0 unspecified atom stereocenters. The van der Waals surface area contributed by atoms with Crippen molar-refractivity contribution in [1.82, 2.24) is 24.5 Å². The van der Waals surface area contributed by atoms with E-state index in [2.05, 4.69) is 15.4 Å². The van der Waals surface area contributed by atoms with Gasteiger partial charge < -0.3 is 11.1 Å². The van der Waals surface area contributed by atoms with Crippen molar-refractivity contribution >= 4 is 39.7 Å². The summed E-state index contributed by atoms with van der Waals surface area (Å²) in [5.74, 6) is -0.357. The molecule has 0 aliphatic carbocycles. The minimum Gasteiger partial charge on any atom is -0.381 e. The zero-order valence-corrected chi connectivity index (χ0v) is 18.3. The van der Waals surface area contributed by atoms with E-state index in [0.717, 1.165) is 5.39 Å². The lowest BCUT2D eigenvalue weighted by atomic mass is 10.1. The number of para-hydroxylation sites is 1. The maximum absolute atomic E-state index is 13.5. The van der Waals surface area contributed by atoms with Gasteiger partial charge in [0.25, 0.3) is 11.5 Å². The van der Waals surface area contributed by atoms with Crippen LogP contribution in [0.1, 0.15) is 29.0 Å². The Morgan fingerprint density at radius 3 is 2.70 bits per heavy atom. The van der Waals surface area contributed by atoms with Crippen molar-refractivity contribution in [2.75, 3.05) is 5.73 Å². The molecule has 9 heteroatoms. The van der Waals surface area contributed by atoms with Gasteiger partial charge in [0.1, 0.15) is 5.56 Å².